The second-order valence-electron chi connectivity index (χ2n) is 18.3. The number of hydrogen-bond acceptors (Lipinski definition) is 5. The number of carbonyl (C=O) groups is 2. The molecule has 3 N–H and O–H groups in total. The number of unbranched alkanes of at least 4 members (excludes halogenated alkanes) is 28. The van der Waals surface area contributed by atoms with Gasteiger partial charge in [-0.2, -0.15) is 0 Å². The van der Waals surface area contributed by atoms with Crippen molar-refractivity contribution in [2.45, 2.75) is 283 Å². The molecule has 0 aliphatic rings. The molecule has 0 saturated heterocycles. The van der Waals surface area contributed by atoms with Gasteiger partial charge in [-0.15, -0.1) is 0 Å². The quantitative estimate of drug-likeness (QED) is 0.0245. The van der Waals surface area contributed by atoms with E-state index in [9.17, 15) is 19.8 Å². The van der Waals surface area contributed by atoms with Crippen LogP contribution < -0.4 is 5.32 Å². The average molecular weight is 882 g/mol. The molecule has 0 aliphatic carbocycles. The molecule has 0 bridgehead atoms. The standard InChI is InChI=1S/C57H103NO5/c1-4-7-10-13-16-19-22-25-27-28-29-31-33-36-39-42-45-48-53(63-57(62)50-47-44-41-38-35-30-24-21-18-15-12-9-6-3)51-56(61)58-54(52-59)55(60)49-46-43-40-37-34-32-26-23-20-17-14-11-8-5-2/h9,12,15-16,18-19,21,24-25,27,53-55,59-60H,4-8,10-11,13-14,17,20,22-23,26,28-52H2,1-3H3,(H,58,61)/b12-9+,18-15+,19-16-,24-21-,27-25-. The van der Waals surface area contributed by atoms with E-state index in [0.717, 1.165) is 96.3 Å². The van der Waals surface area contributed by atoms with Crippen LogP contribution in [0.5, 0.6) is 0 Å². The Morgan fingerprint density at radius 3 is 1.44 bits per heavy atom. The molecule has 0 aromatic heterocycles. The predicted octanol–water partition coefficient (Wildman–Crippen LogP) is 16.4. The van der Waals surface area contributed by atoms with Crippen molar-refractivity contribution in [3.63, 3.8) is 0 Å². The van der Waals surface area contributed by atoms with Gasteiger partial charge in [-0.1, -0.05) is 236 Å². The monoisotopic (exact) mass is 882 g/mol. The SMILES string of the molecule is CC/C=C/C=C/C=C\CCCCCCCC(=O)OC(CCCCCCCCC/C=C\C/C=C\CCCCC)CC(=O)NC(CO)C(O)CCCCCCCCCCCCCCCC. The van der Waals surface area contributed by atoms with Gasteiger partial charge in [0.05, 0.1) is 25.2 Å². The largest absolute Gasteiger partial charge is 0.462 e. The smallest absolute Gasteiger partial charge is 0.306 e. The molecule has 0 heterocycles. The Morgan fingerprint density at radius 2 is 0.921 bits per heavy atom. The van der Waals surface area contributed by atoms with Crippen molar-refractivity contribution in [2.24, 2.45) is 0 Å². The van der Waals surface area contributed by atoms with E-state index in [-0.39, 0.29) is 24.9 Å². The zero-order valence-electron chi connectivity index (χ0n) is 41.7. The molecule has 6 heteroatoms. The number of amides is 1. The van der Waals surface area contributed by atoms with Gasteiger partial charge in [-0.3, -0.25) is 9.59 Å². The first-order valence-corrected chi connectivity index (χ1v) is 27.0. The minimum Gasteiger partial charge on any atom is -0.462 e. The lowest BCUT2D eigenvalue weighted by Crippen LogP contribution is -2.46. The van der Waals surface area contributed by atoms with Gasteiger partial charge in [0, 0.05) is 6.42 Å². The van der Waals surface area contributed by atoms with E-state index in [2.05, 4.69) is 86.8 Å². The first kappa shape index (κ1) is 60.6. The number of hydrogen-bond donors (Lipinski definition) is 3. The molecule has 0 aliphatic heterocycles. The lowest BCUT2D eigenvalue weighted by atomic mass is 10.0. The van der Waals surface area contributed by atoms with Crippen LogP contribution in [0.2, 0.25) is 0 Å². The number of nitrogens with one attached hydrogen (secondary N) is 1. The molecule has 0 spiro atoms. The normalized spacial score (nSPS) is 13.7. The molecule has 0 aromatic carbocycles. The third-order valence-electron chi connectivity index (χ3n) is 12.1. The summed E-state index contributed by atoms with van der Waals surface area (Å²) in [4.78, 5) is 26.2. The van der Waals surface area contributed by atoms with Crippen LogP contribution >= 0.6 is 0 Å². The lowest BCUT2D eigenvalue weighted by molar-refractivity contribution is -0.151. The topological polar surface area (TPSA) is 95.9 Å². The van der Waals surface area contributed by atoms with E-state index >= 15 is 0 Å². The Balaban J connectivity index is 4.61. The number of rotatable bonds is 48. The minimum atomic E-state index is -0.795. The van der Waals surface area contributed by atoms with Crippen molar-refractivity contribution in [3.8, 4) is 0 Å². The van der Waals surface area contributed by atoms with Gasteiger partial charge < -0.3 is 20.3 Å². The van der Waals surface area contributed by atoms with Crippen LogP contribution in [0.1, 0.15) is 265 Å². The zero-order chi connectivity index (χ0) is 45.9. The summed E-state index contributed by atoms with van der Waals surface area (Å²) in [6, 6.07) is -0.710. The van der Waals surface area contributed by atoms with E-state index in [1.807, 2.05) is 0 Å². The molecule has 1 amide bonds. The Kier molecular flexibility index (Phi) is 48.6. The number of aliphatic hydroxyl groups excluding tert-OH is 2. The summed E-state index contributed by atoms with van der Waals surface area (Å²) in [6.07, 6.45) is 62.8. The Bertz CT molecular complexity index is 1130. The summed E-state index contributed by atoms with van der Waals surface area (Å²) in [7, 11) is 0. The molecule has 0 fully saturated rings. The number of carbonyl (C=O) groups excluding carboxylic acids is 2. The highest BCUT2D eigenvalue weighted by Crippen LogP contribution is 2.18. The molecule has 3 unspecified atom stereocenters. The third kappa shape index (κ3) is 45.9. The molecule has 6 nitrogen and oxygen atoms in total. The fourth-order valence-electron chi connectivity index (χ4n) is 8.05. The van der Waals surface area contributed by atoms with Crippen LogP contribution in [-0.4, -0.2) is 46.9 Å². The first-order valence-electron chi connectivity index (χ1n) is 27.0. The predicted molar refractivity (Wildman–Crippen MR) is 273 cm³/mol. The molecular formula is C57H103NO5. The van der Waals surface area contributed by atoms with E-state index in [1.165, 1.54) is 122 Å². The van der Waals surface area contributed by atoms with Crippen LogP contribution in [0, 0.1) is 0 Å². The Labute approximate surface area is 390 Å². The molecule has 0 saturated carbocycles. The molecule has 63 heavy (non-hydrogen) atoms. The number of ether oxygens (including phenoxy) is 1. The highest BCUT2D eigenvalue weighted by atomic mass is 16.5. The summed E-state index contributed by atoms with van der Waals surface area (Å²) in [5.41, 5.74) is 0. The summed E-state index contributed by atoms with van der Waals surface area (Å²) in [5, 5.41) is 23.8. The third-order valence-corrected chi connectivity index (χ3v) is 12.1. The molecule has 366 valence electrons. The van der Waals surface area contributed by atoms with Crippen LogP contribution in [0.25, 0.3) is 0 Å². The second kappa shape index (κ2) is 50.6. The maximum atomic E-state index is 13.2. The van der Waals surface area contributed by atoms with Gasteiger partial charge in [0.25, 0.3) is 0 Å². The van der Waals surface area contributed by atoms with E-state index < -0.39 is 18.2 Å². The fourth-order valence-corrected chi connectivity index (χ4v) is 8.05. The first-order chi connectivity index (χ1) is 31.0. The average Bonchev–Trinajstić information content (AvgIpc) is 3.28. The maximum absolute atomic E-state index is 13.2. The summed E-state index contributed by atoms with van der Waals surface area (Å²) in [6.45, 7) is 6.33. The van der Waals surface area contributed by atoms with Crippen molar-refractivity contribution in [3.05, 3.63) is 60.8 Å². The molecule has 3 atom stereocenters. The number of aliphatic hydroxyl groups is 2. The zero-order valence-corrected chi connectivity index (χ0v) is 41.7. The van der Waals surface area contributed by atoms with Crippen molar-refractivity contribution >= 4 is 11.9 Å². The fraction of sp³-hybridized carbons (Fsp3) is 0.789. The highest BCUT2D eigenvalue weighted by molar-refractivity contribution is 5.77. The van der Waals surface area contributed by atoms with Crippen molar-refractivity contribution < 1.29 is 24.5 Å². The van der Waals surface area contributed by atoms with Gasteiger partial charge >= 0.3 is 5.97 Å². The van der Waals surface area contributed by atoms with Crippen molar-refractivity contribution in [2.75, 3.05) is 6.61 Å². The highest BCUT2D eigenvalue weighted by Gasteiger charge is 2.24. The summed E-state index contributed by atoms with van der Waals surface area (Å²) in [5.74, 6) is -0.501. The minimum absolute atomic E-state index is 0.0631. The van der Waals surface area contributed by atoms with Gasteiger partial charge in [0.15, 0.2) is 0 Å². The van der Waals surface area contributed by atoms with Crippen LogP contribution in [-0.2, 0) is 14.3 Å². The maximum Gasteiger partial charge on any atom is 0.306 e. The number of allylic oxidation sites excluding steroid dienone is 10. The summed E-state index contributed by atoms with van der Waals surface area (Å²) >= 11 is 0. The Morgan fingerprint density at radius 1 is 0.492 bits per heavy atom. The van der Waals surface area contributed by atoms with Gasteiger partial charge in [-0.25, -0.2) is 0 Å². The second-order valence-corrected chi connectivity index (χ2v) is 18.3. The van der Waals surface area contributed by atoms with Crippen LogP contribution in [0.4, 0.5) is 0 Å². The Hall–Kier alpha value is -2.44. The van der Waals surface area contributed by atoms with Crippen LogP contribution in [0.3, 0.4) is 0 Å². The van der Waals surface area contributed by atoms with E-state index in [0.29, 0.717) is 19.3 Å². The lowest BCUT2D eigenvalue weighted by Gasteiger charge is -2.24. The molecule has 0 aromatic rings. The van der Waals surface area contributed by atoms with Gasteiger partial charge in [0.1, 0.15) is 6.10 Å². The summed E-state index contributed by atoms with van der Waals surface area (Å²) < 4.78 is 5.93. The molecular weight excluding hydrogens is 779 g/mol. The van der Waals surface area contributed by atoms with Gasteiger partial charge in [-0.05, 0) is 77.0 Å². The van der Waals surface area contributed by atoms with Crippen molar-refractivity contribution in [1.82, 2.24) is 5.32 Å². The molecule has 0 rings (SSSR count). The molecule has 0 radical (unpaired) electrons. The number of esters is 1. The van der Waals surface area contributed by atoms with E-state index in [4.69, 9.17) is 4.74 Å². The van der Waals surface area contributed by atoms with E-state index in [1.54, 1.807) is 0 Å². The van der Waals surface area contributed by atoms with Gasteiger partial charge in [0.2, 0.25) is 5.91 Å². The van der Waals surface area contributed by atoms with Crippen molar-refractivity contribution in [1.29, 1.82) is 0 Å². The van der Waals surface area contributed by atoms with Crippen LogP contribution in [0.15, 0.2) is 60.8 Å².